The van der Waals surface area contributed by atoms with Gasteiger partial charge in [-0.25, -0.2) is 0 Å². The molecular weight excluding hydrogens is 296 g/mol. The van der Waals surface area contributed by atoms with Crippen molar-refractivity contribution in [2.75, 3.05) is 11.9 Å². The molecule has 0 bridgehead atoms. The molecule has 0 saturated heterocycles. The van der Waals surface area contributed by atoms with E-state index in [2.05, 4.69) is 60.6 Å². The summed E-state index contributed by atoms with van der Waals surface area (Å²) in [6, 6.07) is 8.98. The van der Waals surface area contributed by atoms with Gasteiger partial charge in [0.25, 0.3) is 0 Å². The number of thiocarbonyl (C=S) groups is 1. The third-order valence-electron chi connectivity index (χ3n) is 4.30. The van der Waals surface area contributed by atoms with Crippen LogP contribution in [0.3, 0.4) is 0 Å². The molecule has 0 radical (unpaired) electrons. The second-order valence-electron chi connectivity index (χ2n) is 5.65. The standard InChI is InChI=1S/C17H20N2S2/c1-11-4-5-14(10-12(11)2)18-17(20)19-8-6-16-15(13(19)3)7-9-21-16/h4-5,7,9-10,13H,6,8H2,1-3H3,(H,18,20)/t13-/m0/s1. The predicted octanol–water partition coefficient (Wildman–Crippen LogP) is 4.68. The van der Waals surface area contributed by atoms with Crippen molar-refractivity contribution in [1.29, 1.82) is 0 Å². The molecule has 1 aromatic heterocycles. The molecule has 21 heavy (non-hydrogen) atoms. The van der Waals surface area contributed by atoms with Gasteiger partial charge in [-0.1, -0.05) is 6.07 Å². The van der Waals surface area contributed by atoms with E-state index in [1.807, 2.05) is 11.3 Å². The van der Waals surface area contributed by atoms with Crippen LogP contribution >= 0.6 is 23.6 Å². The Labute approximate surface area is 135 Å². The predicted molar refractivity (Wildman–Crippen MR) is 95.3 cm³/mol. The van der Waals surface area contributed by atoms with Crippen LogP contribution in [0.4, 0.5) is 5.69 Å². The Balaban J connectivity index is 1.75. The Kier molecular flexibility index (Phi) is 4.00. The molecule has 2 nitrogen and oxygen atoms in total. The van der Waals surface area contributed by atoms with Crippen LogP contribution in [0.5, 0.6) is 0 Å². The maximum absolute atomic E-state index is 5.63. The van der Waals surface area contributed by atoms with Gasteiger partial charge in [0.05, 0.1) is 6.04 Å². The summed E-state index contributed by atoms with van der Waals surface area (Å²) >= 11 is 7.49. The molecule has 0 amide bonds. The summed E-state index contributed by atoms with van der Waals surface area (Å²) in [5.41, 5.74) is 5.09. The fourth-order valence-corrected chi connectivity index (χ4v) is 4.13. The Hall–Kier alpha value is -1.39. The minimum Gasteiger partial charge on any atom is -0.342 e. The van der Waals surface area contributed by atoms with E-state index >= 15 is 0 Å². The van der Waals surface area contributed by atoms with Gasteiger partial charge in [-0.05, 0) is 79.7 Å². The third kappa shape index (κ3) is 2.83. The number of thiophene rings is 1. The molecule has 0 unspecified atom stereocenters. The number of hydrogen-bond acceptors (Lipinski definition) is 2. The summed E-state index contributed by atoms with van der Waals surface area (Å²) < 4.78 is 0. The molecular formula is C17H20N2S2. The van der Waals surface area contributed by atoms with Gasteiger partial charge in [-0.15, -0.1) is 11.3 Å². The zero-order chi connectivity index (χ0) is 15.0. The van der Waals surface area contributed by atoms with E-state index in [1.54, 1.807) is 0 Å². The highest BCUT2D eigenvalue weighted by Crippen LogP contribution is 2.33. The molecule has 1 aromatic carbocycles. The van der Waals surface area contributed by atoms with Crippen LogP contribution in [-0.4, -0.2) is 16.6 Å². The smallest absolute Gasteiger partial charge is 0.173 e. The van der Waals surface area contributed by atoms with Crippen molar-refractivity contribution in [3.63, 3.8) is 0 Å². The molecule has 1 atom stereocenters. The van der Waals surface area contributed by atoms with Gasteiger partial charge < -0.3 is 10.2 Å². The molecule has 0 aliphatic carbocycles. The first kappa shape index (κ1) is 14.5. The number of hydrogen-bond donors (Lipinski definition) is 1. The van der Waals surface area contributed by atoms with Gasteiger partial charge in [0.15, 0.2) is 5.11 Å². The molecule has 0 fully saturated rings. The lowest BCUT2D eigenvalue weighted by Gasteiger charge is -2.35. The molecule has 1 aliphatic heterocycles. The second kappa shape index (κ2) is 5.78. The van der Waals surface area contributed by atoms with Crippen LogP contribution in [0.25, 0.3) is 0 Å². The second-order valence-corrected chi connectivity index (χ2v) is 7.04. The van der Waals surface area contributed by atoms with Crippen molar-refractivity contribution in [1.82, 2.24) is 4.90 Å². The fraction of sp³-hybridized carbons (Fsp3) is 0.353. The highest BCUT2D eigenvalue weighted by Gasteiger charge is 2.26. The van der Waals surface area contributed by atoms with E-state index < -0.39 is 0 Å². The summed E-state index contributed by atoms with van der Waals surface area (Å²) in [7, 11) is 0. The van der Waals surface area contributed by atoms with Crippen molar-refractivity contribution >= 4 is 34.4 Å². The molecule has 3 rings (SSSR count). The van der Waals surface area contributed by atoms with Gasteiger partial charge >= 0.3 is 0 Å². The lowest BCUT2D eigenvalue weighted by Crippen LogP contribution is -2.40. The van der Waals surface area contributed by atoms with Gasteiger partial charge in [-0.2, -0.15) is 0 Å². The fourth-order valence-electron chi connectivity index (χ4n) is 2.80. The zero-order valence-electron chi connectivity index (χ0n) is 12.6. The topological polar surface area (TPSA) is 15.3 Å². The zero-order valence-corrected chi connectivity index (χ0v) is 14.3. The van der Waals surface area contributed by atoms with Gasteiger partial charge in [0.2, 0.25) is 0 Å². The molecule has 2 heterocycles. The van der Waals surface area contributed by atoms with Crippen molar-refractivity contribution in [3.8, 4) is 0 Å². The first-order chi connectivity index (χ1) is 10.1. The first-order valence-electron chi connectivity index (χ1n) is 7.27. The van der Waals surface area contributed by atoms with Crippen LogP contribution in [-0.2, 0) is 6.42 Å². The van der Waals surface area contributed by atoms with Crippen LogP contribution in [0, 0.1) is 13.8 Å². The SMILES string of the molecule is Cc1ccc(NC(=S)N2CCc3sccc3[C@@H]2C)cc1C. The minimum absolute atomic E-state index is 0.353. The monoisotopic (exact) mass is 316 g/mol. The Morgan fingerprint density at radius 3 is 2.86 bits per heavy atom. The van der Waals surface area contributed by atoms with E-state index in [0.717, 1.165) is 23.8 Å². The molecule has 0 saturated carbocycles. The van der Waals surface area contributed by atoms with Crippen molar-refractivity contribution in [2.45, 2.75) is 33.2 Å². The summed E-state index contributed by atoms with van der Waals surface area (Å²) in [4.78, 5) is 3.80. The van der Waals surface area contributed by atoms with E-state index in [0.29, 0.717) is 6.04 Å². The van der Waals surface area contributed by atoms with Gasteiger partial charge in [-0.3, -0.25) is 0 Å². The Morgan fingerprint density at radius 2 is 2.10 bits per heavy atom. The maximum Gasteiger partial charge on any atom is 0.173 e. The van der Waals surface area contributed by atoms with Crippen molar-refractivity contribution in [2.24, 2.45) is 0 Å². The Morgan fingerprint density at radius 1 is 1.29 bits per heavy atom. The van der Waals surface area contributed by atoms with Gasteiger partial charge in [0.1, 0.15) is 0 Å². The van der Waals surface area contributed by atoms with Crippen molar-refractivity contribution < 1.29 is 0 Å². The number of nitrogens with zero attached hydrogens (tertiary/aromatic N) is 1. The summed E-state index contributed by atoms with van der Waals surface area (Å²) in [6.07, 6.45) is 1.09. The molecule has 1 N–H and O–H groups in total. The first-order valence-corrected chi connectivity index (χ1v) is 8.56. The number of nitrogens with one attached hydrogen (secondary N) is 1. The lowest BCUT2D eigenvalue weighted by atomic mass is 10.0. The molecule has 1 aliphatic rings. The third-order valence-corrected chi connectivity index (χ3v) is 5.63. The van der Waals surface area contributed by atoms with Crippen LogP contribution in [0.15, 0.2) is 29.6 Å². The van der Waals surface area contributed by atoms with E-state index in [1.165, 1.54) is 21.6 Å². The van der Waals surface area contributed by atoms with Crippen LogP contribution in [0.2, 0.25) is 0 Å². The van der Waals surface area contributed by atoms with E-state index in [4.69, 9.17) is 12.2 Å². The highest BCUT2D eigenvalue weighted by molar-refractivity contribution is 7.80. The molecule has 4 heteroatoms. The average molecular weight is 316 g/mol. The van der Waals surface area contributed by atoms with E-state index in [-0.39, 0.29) is 0 Å². The number of rotatable bonds is 1. The van der Waals surface area contributed by atoms with E-state index in [9.17, 15) is 0 Å². The molecule has 110 valence electrons. The van der Waals surface area contributed by atoms with Crippen LogP contribution in [0.1, 0.15) is 34.5 Å². The Bertz CT molecular complexity index is 675. The average Bonchev–Trinajstić information content (AvgIpc) is 2.92. The summed E-state index contributed by atoms with van der Waals surface area (Å²) in [6.45, 7) is 7.48. The largest absolute Gasteiger partial charge is 0.342 e. The van der Waals surface area contributed by atoms with Crippen LogP contribution < -0.4 is 5.32 Å². The number of fused-ring (bicyclic) bond motifs is 1. The maximum atomic E-state index is 5.63. The number of anilines is 1. The molecule has 0 spiro atoms. The van der Waals surface area contributed by atoms with Crippen molar-refractivity contribution in [3.05, 3.63) is 51.2 Å². The minimum atomic E-state index is 0.353. The normalized spacial score (nSPS) is 17.5. The lowest BCUT2D eigenvalue weighted by molar-refractivity contribution is 0.326. The quantitative estimate of drug-likeness (QED) is 0.769. The summed E-state index contributed by atoms with van der Waals surface area (Å²) in [5, 5.41) is 6.40. The molecule has 2 aromatic rings. The van der Waals surface area contributed by atoms with Gasteiger partial charge in [0, 0.05) is 17.1 Å². The highest BCUT2D eigenvalue weighted by atomic mass is 32.1. The summed E-state index contributed by atoms with van der Waals surface area (Å²) in [5.74, 6) is 0. The number of aryl methyl sites for hydroxylation is 2. The number of benzene rings is 1.